The third-order valence-corrected chi connectivity index (χ3v) is 5.01. The van der Waals surface area contributed by atoms with Crippen LogP contribution in [0.25, 0.3) is 0 Å². The summed E-state index contributed by atoms with van der Waals surface area (Å²) in [5.41, 5.74) is 0.674. The Balaban J connectivity index is 2.24. The molecule has 0 aromatic heterocycles. The highest BCUT2D eigenvalue weighted by Crippen LogP contribution is 2.20. The highest BCUT2D eigenvalue weighted by atomic mass is 32.2. The van der Waals surface area contributed by atoms with E-state index in [1.165, 1.54) is 30.3 Å². The smallest absolute Gasteiger partial charge is 0.338 e. The van der Waals surface area contributed by atoms with E-state index in [-0.39, 0.29) is 34.2 Å². The van der Waals surface area contributed by atoms with Crippen molar-refractivity contribution in [2.45, 2.75) is 25.2 Å². The van der Waals surface area contributed by atoms with Crippen LogP contribution in [0.15, 0.2) is 53.4 Å². The summed E-state index contributed by atoms with van der Waals surface area (Å²) in [7, 11) is -3.93. The van der Waals surface area contributed by atoms with Gasteiger partial charge in [0.15, 0.2) is 0 Å². The lowest BCUT2D eigenvalue weighted by Gasteiger charge is -2.13. The van der Waals surface area contributed by atoms with Gasteiger partial charge in [-0.3, -0.25) is 9.52 Å². The van der Waals surface area contributed by atoms with Gasteiger partial charge in [0, 0.05) is 6.54 Å². The molecule has 0 fully saturated rings. The maximum absolute atomic E-state index is 12.6. The molecule has 8 heteroatoms. The molecular weight excluding hydrogens is 368 g/mol. The first kappa shape index (κ1) is 20.4. The average Bonchev–Trinajstić information content (AvgIpc) is 2.66. The van der Waals surface area contributed by atoms with Gasteiger partial charge in [0.1, 0.15) is 0 Å². The molecule has 0 radical (unpaired) electrons. The molecule has 0 aliphatic carbocycles. The van der Waals surface area contributed by atoms with Gasteiger partial charge in [-0.1, -0.05) is 19.1 Å². The second kappa shape index (κ2) is 9.18. The maximum atomic E-state index is 12.6. The molecule has 2 rings (SSSR count). The van der Waals surface area contributed by atoms with Crippen molar-refractivity contribution in [1.82, 2.24) is 5.32 Å². The molecule has 0 saturated heterocycles. The second-order valence-corrected chi connectivity index (χ2v) is 7.33. The van der Waals surface area contributed by atoms with Gasteiger partial charge in [-0.25, -0.2) is 13.2 Å². The van der Waals surface area contributed by atoms with Crippen LogP contribution in [0.1, 0.15) is 41.0 Å². The van der Waals surface area contributed by atoms with E-state index < -0.39 is 16.0 Å². The molecule has 27 heavy (non-hydrogen) atoms. The zero-order valence-electron chi connectivity index (χ0n) is 15.2. The SMILES string of the molecule is CCCNC(=O)c1ccccc1NS(=O)(=O)c1ccc(C(=O)OCC)cc1. The first-order valence-electron chi connectivity index (χ1n) is 8.56. The number of sulfonamides is 1. The van der Waals surface area contributed by atoms with Gasteiger partial charge in [0.25, 0.3) is 15.9 Å². The van der Waals surface area contributed by atoms with Gasteiger partial charge < -0.3 is 10.1 Å². The summed E-state index contributed by atoms with van der Waals surface area (Å²) in [4.78, 5) is 23.9. The van der Waals surface area contributed by atoms with Crippen LogP contribution in [-0.4, -0.2) is 33.4 Å². The molecule has 2 N–H and O–H groups in total. The summed E-state index contributed by atoms with van der Waals surface area (Å²) in [5.74, 6) is -0.875. The molecular formula is C19H22N2O5S. The number of benzene rings is 2. The van der Waals surface area contributed by atoms with Crippen LogP contribution in [-0.2, 0) is 14.8 Å². The monoisotopic (exact) mass is 390 g/mol. The van der Waals surface area contributed by atoms with E-state index >= 15 is 0 Å². The predicted molar refractivity (Wildman–Crippen MR) is 102 cm³/mol. The molecule has 1 amide bonds. The Labute approximate surface area is 158 Å². The van der Waals surface area contributed by atoms with Crippen molar-refractivity contribution in [3.63, 3.8) is 0 Å². The summed E-state index contributed by atoms with van der Waals surface area (Å²) in [6.45, 7) is 4.34. The zero-order chi connectivity index (χ0) is 19.9. The third kappa shape index (κ3) is 5.30. The molecule has 0 aliphatic rings. The highest BCUT2D eigenvalue weighted by molar-refractivity contribution is 7.92. The van der Waals surface area contributed by atoms with E-state index in [0.717, 1.165) is 6.42 Å². The van der Waals surface area contributed by atoms with E-state index in [2.05, 4.69) is 10.0 Å². The van der Waals surface area contributed by atoms with Crippen molar-refractivity contribution in [1.29, 1.82) is 0 Å². The normalized spacial score (nSPS) is 10.9. The Morgan fingerprint density at radius 2 is 1.67 bits per heavy atom. The number of ether oxygens (including phenoxy) is 1. The molecule has 2 aromatic rings. The van der Waals surface area contributed by atoms with Crippen LogP contribution in [0.4, 0.5) is 5.69 Å². The Bertz CT molecular complexity index is 908. The fourth-order valence-corrected chi connectivity index (χ4v) is 3.37. The Morgan fingerprint density at radius 1 is 1.00 bits per heavy atom. The van der Waals surface area contributed by atoms with Gasteiger partial charge in [0.2, 0.25) is 0 Å². The van der Waals surface area contributed by atoms with E-state index in [1.807, 2.05) is 6.92 Å². The van der Waals surface area contributed by atoms with Crippen molar-refractivity contribution >= 4 is 27.6 Å². The largest absolute Gasteiger partial charge is 0.462 e. The van der Waals surface area contributed by atoms with Crippen molar-refractivity contribution in [3.8, 4) is 0 Å². The van der Waals surface area contributed by atoms with E-state index in [9.17, 15) is 18.0 Å². The Morgan fingerprint density at radius 3 is 2.30 bits per heavy atom. The van der Waals surface area contributed by atoms with E-state index in [4.69, 9.17) is 4.74 Å². The van der Waals surface area contributed by atoms with E-state index in [1.54, 1.807) is 25.1 Å². The minimum absolute atomic E-state index is 0.0284. The number of para-hydroxylation sites is 1. The van der Waals surface area contributed by atoms with Crippen molar-refractivity contribution in [3.05, 3.63) is 59.7 Å². The minimum atomic E-state index is -3.93. The Kier molecular flexibility index (Phi) is 6.95. The number of esters is 1. The van der Waals surface area contributed by atoms with E-state index in [0.29, 0.717) is 6.54 Å². The lowest BCUT2D eigenvalue weighted by molar-refractivity contribution is 0.0526. The molecule has 0 bridgehead atoms. The summed E-state index contributed by atoms with van der Waals surface area (Å²) >= 11 is 0. The van der Waals surface area contributed by atoms with Crippen LogP contribution in [0.5, 0.6) is 0 Å². The molecule has 0 unspecified atom stereocenters. The molecule has 7 nitrogen and oxygen atoms in total. The zero-order valence-corrected chi connectivity index (χ0v) is 16.0. The third-order valence-electron chi connectivity index (χ3n) is 3.63. The molecule has 0 atom stereocenters. The molecule has 2 aromatic carbocycles. The van der Waals surface area contributed by atoms with Crippen molar-refractivity contribution < 1.29 is 22.7 Å². The number of anilines is 1. The second-order valence-electron chi connectivity index (χ2n) is 5.65. The molecule has 0 saturated carbocycles. The molecule has 144 valence electrons. The first-order valence-corrected chi connectivity index (χ1v) is 10.0. The molecule has 0 aliphatic heterocycles. The van der Waals surface area contributed by atoms with Crippen molar-refractivity contribution in [2.24, 2.45) is 0 Å². The summed E-state index contributed by atoms with van der Waals surface area (Å²) in [5, 5.41) is 2.72. The highest BCUT2D eigenvalue weighted by Gasteiger charge is 2.19. The maximum Gasteiger partial charge on any atom is 0.338 e. The predicted octanol–water partition coefficient (Wildman–Crippen LogP) is 2.80. The van der Waals surface area contributed by atoms with Crippen LogP contribution >= 0.6 is 0 Å². The number of carbonyl (C=O) groups excluding carboxylic acids is 2. The van der Waals surface area contributed by atoms with Crippen LogP contribution in [0.2, 0.25) is 0 Å². The van der Waals surface area contributed by atoms with Crippen LogP contribution in [0, 0.1) is 0 Å². The summed E-state index contributed by atoms with van der Waals surface area (Å²) in [6.07, 6.45) is 0.770. The quantitative estimate of drug-likeness (QED) is 0.675. The fraction of sp³-hybridized carbons (Fsp3) is 0.263. The van der Waals surface area contributed by atoms with Gasteiger partial charge in [-0.15, -0.1) is 0 Å². The van der Waals surface area contributed by atoms with Gasteiger partial charge >= 0.3 is 5.97 Å². The number of hydrogen-bond acceptors (Lipinski definition) is 5. The lowest BCUT2D eigenvalue weighted by Crippen LogP contribution is -2.25. The minimum Gasteiger partial charge on any atom is -0.462 e. The number of amides is 1. The van der Waals surface area contributed by atoms with Crippen LogP contribution < -0.4 is 10.0 Å². The first-order chi connectivity index (χ1) is 12.9. The average molecular weight is 390 g/mol. The van der Waals surface area contributed by atoms with Gasteiger partial charge in [-0.05, 0) is 49.7 Å². The number of nitrogens with one attached hydrogen (secondary N) is 2. The summed E-state index contributed by atoms with van der Waals surface area (Å²) < 4.78 is 32.6. The van der Waals surface area contributed by atoms with Crippen LogP contribution in [0.3, 0.4) is 0 Å². The van der Waals surface area contributed by atoms with Gasteiger partial charge in [-0.2, -0.15) is 0 Å². The molecule has 0 heterocycles. The number of hydrogen-bond donors (Lipinski definition) is 2. The van der Waals surface area contributed by atoms with Gasteiger partial charge in [0.05, 0.1) is 28.3 Å². The standard InChI is InChI=1S/C19H22N2O5S/c1-3-13-20-18(22)16-7-5-6-8-17(16)21-27(24,25)15-11-9-14(10-12-15)19(23)26-4-2/h5-12,21H,3-4,13H2,1-2H3,(H,20,22). The topological polar surface area (TPSA) is 102 Å². The van der Waals surface area contributed by atoms with Crippen molar-refractivity contribution in [2.75, 3.05) is 17.9 Å². The molecule has 0 spiro atoms. The number of rotatable bonds is 8. The summed E-state index contributed by atoms with van der Waals surface area (Å²) in [6, 6.07) is 11.8. The fourth-order valence-electron chi connectivity index (χ4n) is 2.29. The lowest BCUT2D eigenvalue weighted by atomic mass is 10.1. The Hall–Kier alpha value is -2.87. The number of carbonyl (C=O) groups is 2.